The Hall–Kier alpha value is -3.12. The molecule has 0 saturated heterocycles. The molecule has 0 unspecified atom stereocenters. The molecule has 0 fully saturated rings. The van der Waals surface area contributed by atoms with Crippen molar-refractivity contribution in [3.63, 3.8) is 0 Å². The van der Waals surface area contributed by atoms with E-state index in [-0.39, 0.29) is 23.4 Å². The maximum atomic E-state index is 13.4. The molecule has 1 atom stereocenters. The van der Waals surface area contributed by atoms with Crippen molar-refractivity contribution in [1.29, 1.82) is 0 Å². The van der Waals surface area contributed by atoms with Crippen LogP contribution in [0.15, 0.2) is 77.7 Å². The normalized spacial score (nSPS) is 12.2. The Morgan fingerprint density at radius 1 is 0.969 bits per heavy atom. The molecule has 0 aliphatic rings. The van der Waals surface area contributed by atoms with Gasteiger partial charge in [-0.05, 0) is 68.1 Å². The highest BCUT2D eigenvalue weighted by Gasteiger charge is 2.27. The zero-order valence-electron chi connectivity index (χ0n) is 19.0. The maximum Gasteiger partial charge on any atom is 0.264 e. The summed E-state index contributed by atoms with van der Waals surface area (Å²) in [6.07, 6.45) is 0.847. The molecule has 0 aliphatic carbocycles. The molecule has 32 heavy (non-hydrogen) atoms. The van der Waals surface area contributed by atoms with Gasteiger partial charge in [0.25, 0.3) is 10.0 Å². The first-order chi connectivity index (χ1) is 15.2. The molecule has 0 aliphatic heterocycles. The summed E-state index contributed by atoms with van der Waals surface area (Å²) in [5, 5.41) is 2.96. The second-order valence-corrected chi connectivity index (χ2v) is 9.86. The Morgan fingerprint density at radius 3 is 2.22 bits per heavy atom. The van der Waals surface area contributed by atoms with Crippen LogP contribution < -0.4 is 9.62 Å². The van der Waals surface area contributed by atoms with Crippen LogP contribution in [0.4, 0.5) is 5.69 Å². The molecule has 5 nitrogen and oxygen atoms in total. The highest BCUT2D eigenvalue weighted by molar-refractivity contribution is 7.92. The Morgan fingerprint density at radius 2 is 1.62 bits per heavy atom. The highest BCUT2D eigenvalue weighted by atomic mass is 32.2. The minimum Gasteiger partial charge on any atom is -0.348 e. The standard InChI is InChI=1S/C26H30N2O3S/c1-5-22-12-14-23(15-13-22)28(32(30,31)24-9-7-6-8-10-24)18-26(29)27-21(4)25-16-11-19(2)17-20(25)3/h6-17,21H,5,18H2,1-4H3,(H,27,29)/t21-/m1/s1. The maximum absolute atomic E-state index is 13.4. The topological polar surface area (TPSA) is 66.5 Å². The van der Waals surface area contributed by atoms with Gasteiger partial charge >= 0.3 is 0 Å². The Balaban J connectivity index is 1.88. The van der Waals surface area contributed by atoms with E-state index in [9.17, 15) is 13.2 Å². The lowest BCUT2D eigenvalue weighted by atomic mass is 10.0. The summed E-state index contributed by atoms with van der Waals surface area (Å²) >= 11 is 0. The van der Waals surface area contributed by atoms with Gasteiger partial charge in [0, 0.05) is 0 Å². The highest BCUT2D eigenvalue weighted by Crippen LogP contribution is 2.25. The van der Waals surface area contributed by atoms with Crippen LogP contribution in [0.1, 0.15) is 42.1 Å². The van der Waals surface area contributed by atoms with Crippen LogP contribution in [0.2, 0.25) is 0 Å². The molecule has 0 bridgehead atoms. The number of amides is 1. The molecule has 0 spiro atoms. The summed E-state index contributed by atoms with van der Waals surface area (Å²) in [7, 11) is -3.91. The number of rotatable bonds is 8. The van der Waals surface area contributed by atoms with Crippen molar-refractivity contribution < 1.29 is 13.2 Å². The molecule has 6 heteroatoms. The number of sulfonamides is 1. The van der Waals surface area contributed by atoms with Crippen LogP contribution in [0.5, 0.6) is 0 Å². The van der Waals surface area contributed by atoms with Crippen LogP contribution in [0.25, 0.3) is 0 Å². The van der Waals surface area contributed by atoms with Gasteiger partial charge in [0.15, 0.2) is 0 Å². The van der Waals surface area contributed by atoms with Gasteiger partial charge < -0.3 is 5.32 Å². The molecule has 3 aromatic carbocycles. The SMILES string of the molecule is CCc1ccc(N(CC(=O)N[C@H](C)c2ccc(C)cc2C)S(=O)(=O)c2ccccc2)cc1. The first kappa shape index (κ1) is 23.5. The van der Waals surface area contributed by atoms with E-state index < -0.39 is 10.0 Å². The molecular formula is C26H30N2O3S. The zero-order valence-corrected chi connectivity index (χ0v) is 19.8. The van der Waals surface area contributed by atoms with Crippen molar-refractivity contribution in [2.75, 3.05) is 10.8 Å². The molecule has 0 aromatic heterocycles. The third-order valence-corrected chi connectivity index (χ3v) is 7.31. The average molecular weight is 451 g/mol. The fraction of sp³-hybridized carbons (Fsp3) is 0.269. The van der Waals surface area contributed by atoms with E-state index in [0.29, 0.717) is 5.69 Å². The van der Waals surface area contributed by atoms with E-state index in [1.54, 1.807) is 42.5 Å². The van der Waals surface area contributed by atoms with E-state index in [0.717, 1.165) is 28.7 Å². The molecule has 168 valence electrons. The number of nitrogens with zero attached hydrogens (tertiary/aromatic N) is 1. The molecular weight excluding hydrogens is 420 g/mol. The van der Waals surface area contributed by atoms with Crippen molar-refractivity contribution in [3.8, 4) is 0 Å². The van der Waals surface area contributed by atoms with Crippen LogP contribution in [-0.4, -0.2) is 20.9 Å². The van der Waals surface area contributed by atoms with Gasteiger partial charge in [-0.15, -0.1) is 0 Å². The smallest absolute Gasteiger partial charge is 0.264 e. The number of hydrogen-bond acceptors (Lipinski definition) is 3. The fourth-order valence-corrected chi connectivity index (χ4v) is 5.18. The minimum atomic E-state index is -3.91. The number of hydrogen-bond donors (Lipinski definition) is 1. The average Bonchev–Trinajstić information content (AvgIpc) is 2.78. The molecule has 0 radical (unpaired) electrons. The molecule has 1 amide bonds. The first-order valence-electron chi connectivity index (χ1n) is 10.8. The summed E-state index contributed by atoms with van der Waals surface area (Å²) in [6, 6.07) is 21.3. The van der Waals surface area contributed by atoms with Gasteiger partial charge in [0.05, 0.1) is 16.6 Å². The van der Waals surface area contributed by atoms with Gasteiger partial charge in [-0.2, -0.15) is 0 Å². The predicted molar refractivity (Wildman–Crippen MR) is 129 cm³/mol. The number of benzene rings is 3. The number of carbonyl (C=O) groups is 1. The zero-order chi connectivity index (χ0) is 23.3. The first-order valence-corrected chi connectivity index (χ1v) is 12.2. The molecule has 1 N–H and O–H groups in total. The molecule has 3 rings (SSSR count). The lowest BCUT2D eigenvalue weighted by Crippen LogP contribution is -2.41. The van der Waals surface area contributed by atoms with Crippen molar-refractivity contribution in [3.05, 3.63) is 95.1 Å². The third kappa shape index (κ3) is 5.37. The predicted octanol–water partition coefficient (Wildman–Crippen LogP) is 4.94. The quantitative estimate of drug-likeness (QED) is 0.529. The minimum absolute atomic E-state index is 0.148. The lowest BCUT2D eigenvalue weighted by Gasteiger charge is -2.25. The summed E-state index contributed by atoms with van der Waals surface area (Å²) in [6.45, 7) is 7.66. The second-order valence-electron chi connectivity index (χ2n) is 7.99. The Kier molecular flexibility index (Phi) is 7.36. The van der Waals surface area contributed by atoms with Gasteiger partial charge in [-0.1, -0.05) is 61.0 Å². The van der Waals surface area contributed by atoms with Gasteiger partial charge in [0.2, 0.25) is 5.91 Å². The summed E-state index contributed by atoms with van der Waals surface area (Å²) in [4.78, 5) is 13.1. The number of anilines is 1. The summed E-state index contributed by atoms with van der Waals surface area (Å²) in [5.41, 5.74) is 4.80. The third-order valence-electron chi connectivity index (χ3n) is 5.52. The van der Waals surface area contributed by atoms with E-state index >= 15 is 0 Å². The molecule has 0 heterocycles. The van der Waals surface area contributed by atoms with Gasteiger partial charge in [-0.25, -0.2) is 8.42 Å². The number of nitrogens with one attached hydrogen (secondary N) is 1. The number of aryl methyl sites for hydroxylation is 3. The molecule has 0 saturated carbocycles. The van der Waals surface area contributed by atoms with Crippen LogP contribution in [0, 0.1) is 13.8 Å². The van der Waals surface area contributed by atoms with Crippen molar-refractivity contribution >= 4 is 21.6 Å². The van der Waals surface area contributed by atoms with Gasteiger partial charge in [0.1, 0.15) is 6.54 Å². The van der Waals surface area contributed by atoms with E-state index in [4.69, 9.17) is 0 Å². The number of carbonyl (C=O) groups excluding carboxylic acids is 1. The lowest BCUT2D eigenvalue weighted by molar-refractivity contribution is -0.120. The largest absolute Gasteiger partial charge is 0.348 e. The molecule has 3 aromatic rings. The van der Waals surface area contributed by atoms with Crippen LogP contribution in [0.3, 0.4) is 0 Å². The fourth-order valence-electron chi connectivity index (χ4n) is 3.74. The Labute approximate surface area is 191 Å². The second kappa shape index (κ2) is 10.0. The summed E-state index contributed by atoms with van der Waals surface area (Å²) in [5.74, 6) is -0.364. The van der Waals surface area contributed by atoms with Crippen molar-refractivity contribution in [2.45, 2.75) is 45.1 Å². The summed E-state index contributed by atoms with van der Waals surface area (Å²) < 4.78 is 28.0. The van der Waals surface area contributed by atoms with Crippen LogP contribution >= 0.6 is 0 Å². The van der Waals surface area contributed by atoms with Crippen LogP contribution in [-0.2, 0) is 21.2 Å². The Bertz CT molecular complexity index is 1170. The van der Waals surface area contributed by atoms with Crippen molar-refractivity contribution in [2.24, 2.45) is 0 Å². The van der Waals surface area contributed by atoms with Gasteiger partial charge in [-0.3, -0.25) is 9.10 Å². The van der Waals surface area contributed by atoms with Crippen molar-refractivity contribution in [1.82, 2.24) is 5.32 Å². The van der Waals surface area contributed by atoms with E-state index in [2.05, 4.69) is 11.4 Å². The van der Waals surface area contributed by atoms with E-state index in [1.807, 2.05) is 52.0 Å². The monoisotopic (exact) mass is 450 g/mol. The van der Waals surface area contributed by atoms with E-state index in [1.165, 1.54) is 4.31 Å².